The summed E-state index contributed by atoms with van der Waals surface area (Å²) in [5, 5.41) is 0. The van der Waals surface area contributed by atoms with E-state index >= 15 is 0 Å². The molecule has 1 aliphatic carbocycles. The van der Waals surface area contributed by atoms with E-state index in [1.807, 2.05) is 0 Å². The number of anilines is 2. The molecule has 1 aliphatic heterocycles. The maximum atomic E-state index is 6.15. The van der Waals surface area contributed by atoms with Crippen molar-refractivity contribution < 1.29 is 0 Å². The van der Waals surface area contributed by atoms with Gasteiger partial charge in [-0.05, 0) is 36.5 Å². The Kier molecular flexibility index (Phi) is 6.89. The van der Waals surface area contributed by atoms with Crippen LogP contribution in [0.15, 0.2) is 18.2 Å². The molecule has 2 heteroatoms. The lowest BCUT2D eigenvalue weighted by Gasteiger charge is -2.32. The predicted octanol–water partition coefficient (Wildman–Crippen LogP) is 6.68. The van der Waals surface area contributed by atoms with Crippen molar-refractivity contribution in [3.05, 3.63) is 23.8 Å². The van der Waals surface area contributed by atoms with Crippen LogP contribution < -0.4 is 10.6 Å². The van der Waals surface area contributed by atoms with Crippen LogP contribution in [0, 0.1) is 5.92 Å². The molecule has 1 fully saturated rings. The molecule has 0 amide bonds. The molecule has 26 heavy (non-hydrogen) atoms. The maximum Gasteiger partial charge on any atom is 0.0426 e. The van der Waals surface area contributed by atoms with Gasteiger partial charge in [0.15, 0.2) is 0 Å². The summed E-state index contributed by atoms with van der Waals surface area (Å²) in [6.07, 6.45) is 16.8. The molecule has 1 unspecified atom stereocenters. The number of nitrogen functional groups attached to an aromatic ring is 1. The van der Waals surface area contributed by atoms with Crippen molar-refractivity contribution in [2.24, 2.45) is 5.92 Å². The van der Waals surface area contributed by atoms with Crippen LogP contribution in [-0.2, 0) is 5.41 Å². The lowest BCUT2D eigenvalue weighted by Crippen LogP contribution is -2.33. The average molecular weight is 357 g/mol. The molecule has 3 rings (SSSR count). The minimum atomic E-state index is 0.313. The molecule has 1 aromatic rings. The minimum absolute atomic E-state index is 0.313. The smallest absolute Gasteiger partial charge is 0.0426 e. The molecule has 146 valence electrons. The molecule has 2 nitrogen and oxygen atoms in total. The van der Waals surface area contributed by atoms with E-state index in [0.29, 0.717) is 5.41 Å². The number of hydrogen-bond acceptors (Lipinski definition) is 2. The van der Waals surface area contributed by atoms with Crippen LogP contribution in [0.5, 0.6) is 0 Å². The molecule has 0 bridgehead atoms. The fourth-order valence-corrected chi connectivity index (χ4v) is 5.40. The van der Waals surface area contributed by atoms with E-state index in [-0.39, 0.29) is 0 Å². The number of unbranched alkanes of at least 4 members (excludes halogenated alkanes) is 5. The van der Waals surface area contributed by atoms with Gasteiger partial charge in [-0.2, -0.15) is 0 Å². The second-order valence-corrected chi connectivity index (χ2v) is 9.23. The largest absolute Gasteiger partial charge is 0.399 e. The molecule has 1 heterocycles. The minimum Gasteiger partial charge on any atom is -0.399 e. The standard InChI is InChI=1S/C24H40N2/c1-3-4-5-6-7-11-16-26-19-24(2,18-20-12-9-8-10-13-20)22-15-14-21(25)17-23(22)26/h14-15,17,20H,3-13,16,18-19,25H2,1-2H3. The molecule has 0 aromatic heterocycles. The molecule has 0 radical (unpaired) electrons. The second-order valence-electron chi connectivity index (χ2n) is 9.23. The topological polar surface area (TPSA) is 29.3 Å². The number of hydrogen-bond donors (Lipinski definition) is 1. The van der Waals surface area contributed by atoms with Crippen LogP contribution in [0.4, 0.5) is 11.4 Å². The summed E-state index contributed by atoms with van der Waals surface area (Å²) in [6, 6.07) is 6.68. The highest BCUT2D eigenvalue weighted by molar-refractivity contribution is 5.67. The Morgan fingerprint density at radius 2 is 1.77 bits per heavy atom. The monoisotopic (exact) mass is 356 g/mol. The van der Waals surface area contributed by atoms with E-state index in [2.05, 4.69) is 36.9 Å². The van der Waals surface area contributed by atoms with Gasteiger partial charge in [0.2, 0.25) is 0 Å². The van der Waals surface area contributed by atoms with Crippen LogP contribution in [0.3, 0.4) is 0 Å². The fourth-order valence-electron chi connectivity index (χ4n) is 5.40. The molecular weight excluding hydrogens is 316 g/mol. The first-order chi connectivity index (χ1) is 12.6. The van der Waals surface area contributed by atoms with Gasteiger partial charge in [0.1, 0.15) is 0 Å². The lowest BCUT2D eigenvalue weighted by molar-refractivity contribution is 0.276. The van der Waals surface area contributed by atoms with Crippen LogP contribution >= 0.6 is 0 Å². The van der Waals surface area contributed by atoms with E-state index in [1.165, 1.54) is 95.8 Å². The van der Waals surface area contributed by atoms with E-state index in [0.717, 1.165) is 11.6 Å². The molecule has 2 N–H and O–H groups in total. The quantitative estimate of drug-likeness (QED) is 0.395. The molecule has 1 atom stereocenters. The van der Waals surface area contributed by atoms with Gasteiger partial charge in [-0.25, -0.2) is 0 Å². The Labute approximate surface area is 161 Å². The third-order valence-electron chi connectivity index (χ3n) is 6.80. The predicted molar refractivity (Wildman–Crippen MR) is 115 cm³/mol. The van der Waals surface area contributed by atoms with Gasteiger partial charge in [-0.15, -0.1) is 0 Å². The lowest BCUT2D eigenvalue weighted by atomic mass is 9.73. The molecular formula is C24H40N2. The number of nitrogens with two attached hydrogens (primary N) is 1. The summed E-state index contributed by atoms with van der Waals surface area (Å²) < 4.78 is 0. The number of rotatable bonds is 9. The van der Waals surface area contributed by atoms with Gasteiger partial charge in [-0.1, -0.05) is 84.1 Å². The second kappa shape index (κ2) is 9.15. The van der Waals surface area contributed by atoms with Gasteiger partial charge in [-0.3, -0.25) is 0 Å². The highest BCUT2D eigenvalue weighted by Crippen LogP contribution is 2.47. The third-order valence-corrected chi connectivity index (χ3v) is 6.80. The van der Waals surface area contributed by atoms with Crippen molar-refractivity contribution in [3.8, 4) is 0 Å². The van der Waals surface area contributed by atoms with Crippen molar-refractivity contribution >= 4 is 11.4 Å². The van der Waals surface area contributed by atoms with Gasteiger partial charge in [0.05, 0.1) is 0 Å². The van der Waals surface area contributed by atoms with Gasteiger partial charge in [0.25, 0.3) is 0 Å². The van der Waals surface area contributed by atoms with E-state index < -0.39 is 0 Å². The SMILES string of the molecule is CCCCCCCCN1CC(C)(CC2CCCCC2)c2ccc(N)cc21. The Bertz CT molecular complexity index is 561. The van der Waals surface area contributed by atoms with Crippen LogP contribution in [0.1, 0.15) is 96.5 Å². The van der Waals surface area contributed by atoms with E-state index in [4.69, 9.17) is 5.73 Å². The summed E-state index contributed by atoms with van der Waals surface area (Å²) in [5.74, 6) is 0.924. The van der Waals surface area contributed by atoms with Crippen LogP contribution in [0.2, 0.25) is 0 Å². The molecule has 0 saturated heterocycles. The van der Waals surface area contributed by atoms with Crippen molar-refractivity contribution in [1.29, 1.82) is 0 Å². The number of nitrogens with zero attached hydrogens (tertiary/aromatic N) is 1. The zero-order chi connectivity index (χ0) is 18.4. The van der Waals surface area contributed by atoms with Crippen LogP contribution in [0.25, 0.3) is 0 Å². The Balaban J connectivity index is 1.63. The van der Waals surface area contributed by atoms with Crippen molar-refractivity contribution in [1.82, 2.24) is 0 Å². The molecule has 1 saturated carbocycles. The van der Waals surface area contributed by atoms with E-state index in [9.17, 15) is 0 Å². The van der Waals surface area contributed by atoms with Gasteiger partial charge in [0, 0.05) is 29.9 Å². The summed E-state index contributed by atoms with van der Waals surface area (Å²) in [6.45, 7) is 7.19. The number of fused-ring (bicyclic) bond motifs is 1. The van der Waals surface area contributed by atoms with Crippen molar-refractivity contribution in [3.63, 3.8) is 0 Å². The zero-order valence-electron chi connectivity index (χ0n) is 17.2. The molecule has 0 spiro atoms. The summed E-state index contributed by atoms with van der Waals surface area (Å²) in [7, 11) is 0. The van der Waals surface area contributed by atoms with Crippen LogP contribution in [-0.4, -0.2) is 13.1 Å². The van der Waals surface area contributed by atoms with Crippen molar-refractivity contribution in [2.45, 2.75) is 96.3 Å². The maximum absolute atomic E-state index is 6.15. The van der Waals surface area contributed by atoms with Gasteiger partial charge >= 0.3 is 0 Å². The van der Waals surface area contributed by atoms with Gasteiger partial charge < -0.3 is 10.6 Å². The average Bonchev–Trinajstić information content (AvgIpc) is 2.90. The first-order valence-electron chi connectivity index (χ1n) is 11.3. The first kappa shape index (κ1) is 19.6. The summed E-state index contributed by atoms with van der Waals surface area (Å²) in [5.41, 5.74) is 10.4. The van der Waals surface area contributed by atoms with Crippen molar-refractivity contribution in [2.75, 3.05) is 23.7 Å². The fraction of sp³-hybridized carbons (Fsp3) is 0.750. The Morgan fingerprint density at radius 3 is 2.54 bits per heavy atom. The first-order valence-corrected chi connectivity index (χ1v) is 11.3. The van der Waals surface area contributed by atoms with E-state index in [1.54, 1.807) is 5.56 Å². The number of benzene rings is 1. The third kappa shape index (κ3) is 4.75. The Morgan fingerprint density at radius 1 is 1.04 bits per heavy atom. The normalized spacial score (nSPS) is 23.4. The zero-order valence-corrected chi connectivity index (χ0v) is 17.2. The highest BCUT2D eigenvalue weighted by Gasteiger charge is 2.40. The molecule has 1 aromatic carbocycles. The summed E-state index contributed by atoms with van der Waals surface area (Å²) in [4.78, 5) is 2.65. The summed E-state index contributed by atoms with van der Waals surface area (Å²) >= 11 is 0. The Hall–Kier alpha value is -1.18. The molecule has 2 aliphatic rings. The highest BCUT2D eigenvalue weighted by atomic mass is 15.2.